The van der Waals surface area contributed by atoms with E-state index >= 15 is 4.39 Å². The lowest BCUT2D eigenvalue weighted by Gasteiger charge is -2.48. The Bertz CT molecular complexity index is 1200. The summed E-state index contributed by atoms with van der Waals surface area (Å²) in [6.07, 6.45) is 4.99. The van der Waals surface area contributed by atoms with Crippen LogP contribution in [0.25, 0.3) is 0 Å². The lowest BCUT2D eigenvalue weighted by atomic mass is 9.92. The van der Waals surface area contributed by atoms with Crippen molar-refractivity contribution in [3.63, 3.8) is 0 Å². The number of allylic oxidation sites excluding steroid dienone is 1. The summed E-state index contributed by atoms with van der Waals surface area (Å²) in [5, 5.41) is 5.64. The lowest BCUT2D eigenvalue weighted by Crippen LogP contribution is -2.57. The Morgan fingerprint density at radius 1 is 1.13 bits per heavy atom. The SMILES string of the molecule is CC1(C)CN(CC2C=C(F)C(CNc3cccc4c3CN(C3CCC(=O)NC3=O)C4=O)=CC2)CC(C)(C)O1. The van der Waals surface area contributed by atoms with Crippen LogP contribution < -0.4 is 10.6 Å². The van der Waals surface area contributed by atoms with Crippen LogP contribution in [0.1, 0.15) is 62.9 Å². The van der Waals surface area contributed by atoms with E-state index in [1.165, 1.54) is 4.90 Å². The normalized spacial score (nSPS) is 27.0. The van der Waals surface area contributed by atoms with Gasteiger partial charge in [-0.25, -0.2) is 4.39 Å². The van der Waals surface area contributed by atoms with Crippen molar-refractivity contribution in [3.8, 4) is 0 Å². The molecule has 2 atom stereocenters. The number of fused-ring (bicyclic) bond motifs is 1. The van der Waals surface area contributed by atoms with Gasteiger partial charge in [-0.15, -0.1) is 0 Å². The third-order valence-electron chi connectivity index (χ3n) is 7.66. The second-order valence-corrected chi connectivity index (χ2v) is 12.1. The minimum absolute atomic E-state index is 0.101. The first-order valence-electron chi connectivity index (χ1n) is 13.4. The van der Waals surface area contributed by atoms with Crippen LogP contribution in [0.4, 0.5) is 10.1 Å². The van der Waals surface area contributed by atoms with E-state index in [1.54, 1.807) is 18.2 Å². The van der Waals surface area contributed by atoms with Crippen LogP contribution in [0.15, 0.2) is 41.8 Å². The average Bonchev–Trinajstić information content (AvgIpc) is 3.13. The van der Waals surface area contributed by atoms with Gasteiger partial charge in [0.05, 0.1) is 11.2 Å². The van der Waals surface area contributed by atoms with Crippen LogP contribution in [0.3, 0.4) is 0 Å². The molecule has 0 bridgehead atoms. The van der Waals surface area contributed by atoms with Gasteiger partial charge in [0.15, 0.2) is 0 Å². The number of benzene rings is 1. The fraction of sp³-hybridized carbons (Fsp3) is 0.552. The van der Waals surface area contributed by atoms with Gasteiger partial charge in [0.2, 0.25) is 11.8 Å². The number of carbonyl (C=O) groups excluding carboxylic acids is 3. The Hall–Kier alpha value is -3.04. The zero-order valence-electron chi connectivity index (χ0n) is 22.6. The summed E-state index contributed by atoms with van der Waals surface area (Å²) in [6, 6.07) is 4.74. The van der Waals surface area contributed by atoms with Gasteiger partial charge in [-0.3, -0.25) is 24.6 Å². The molecular weight excluding hydrogens is 487 g/mol. The van der Waals surface area contributed by atoms with E-state index in [0.717, 1.165) is 37.3 Å². The van der Waals surface area contributed by atoms with Crippen molar-refractivity contribution in [2.24, 2.45) is 5.92 Å². The molecule has 2 saturated heterocycles. The number of hydrogen-bond donors (Lipinski definition) is 2. The maximum atomic E-state index is 15.2. The van der Waals surface area contributed by atoms with E-state index < -0.39 is 11.9 Å². The first-order valence-corrected chi connectivity index (χ1v) is 13.4. The van der Waals surface area contributed by atoms with E-state index in [9.17, 15) is 14.4 Å². The summed E-state index contributed by atoms with van der Waals surface area (Å²) < 4.78 is 21.3. The third kappa shape index (κ3) is 5.54. The van der Waals surface area contributed by atoms with E-state index in [1.807, 2.05) is 12.1 Å². The predicted octanol–water partition coefficient (Wildman–Crippen LogP) is 3.55. The Labute approximate surface area is 223 Å². The van der Waals surface area contributed by atoms with E-state index in [2.05, 4.69) is 43.2 Å². The lowest BCUT2D eigenvalue weighted by molar-refractivity contribution is -0.181. The molecule has 204 valence electrons. The van der Waals surface area contributed by atoms with Crippen molar-refractivity contribution < 1.29 is 23.5 Å². The van der Waals surface area contributed by atoms with Gasteiger partial charge in [0.25, 0.3) is 5.91 Å². The van der Waals surface area contributed by atoms with E-state index in [-0.39, 0.29) is 47.7 Å². The van der Waals surface area contributed by atoms with Crippen LogP contribution in [-0.4, -0.2) is 70.9 Å². The minimum Gasteiger partial charge on any atom is -0.381 e. The summed E-state index contributed by atoms with van der Waals surface area (Å²) in [7, 11) is 0. The molecule has 4 aliphatic rings. The Morgan fingerprint density at radius 3 is 2.55 bits per heavy atom. The first kappa shape index (κ1) is 26.6. The third-order valence-corrected chi connectivity index (χ3v) is 7.66. The Kier molecular flexibility index (Phi) is 6.94. The van der Waals surface area contributed by atoms with Gasteiger partial charge in [-0.05, 0) is 64.7 Å². The largest absolute Gasteiger partial charge is 0.381 e. The number of imide groups is 1. The number of rotatable bonds is 6. The van der Waals surface area contributed by atoms with Crippen LogP contribution in [0, 0.1) is 5.92 Å². The van der Waals surface area contributed by atoms with Crippen LogP contribution in [0.5, 0.6) is 0 Å². The predicted molar refractivity (Wildman–Crippen MR) is 142 cm³/mol. The molecule has 2 unspecified atom stereocenters. The van der Waals surface area contributed by atoms with Crippen LogP contribution in [-0.2, 0) is 20.9 Å². The highest BCUT2D eigenvalue weighted by molar-refractivity contribution is 6.06. The number of amides is 3. The molecule has 38 heavy (non-hydrogen) atoms. The highest BCUT2D eigenvalue weighted by Crippen LogP contribution is 2.34. The second kappa shape index (κ2) is 9.93. The molecule has 8 nitrogen and oxygen atoms in total. The molecular formula is C29H37FN4O4. The van der Waals surface area contributed by atoms with Gasteiger partial charge in [-0.2, -0.15) is 0 Å². The molecule has 5 rings (SSSR count). The molecule has 1 aromatic carbocycles. The molecule has 0 saturated carbocycles. The molecule has 0 spiro atoms. The van der Waals surface area contributed by atoms with Gasteiger partial charge in [0.1, 0.15) is 11.9 Å². The minimum atomic E-state index is -0.665. The number of ether oxygens (including phenoxy) is 1. The quantitative estimate of drug-likeness (QED) is 0.554. The van der Waals surface area contributed by atoms with Crippen molar-refractivity contribution in [1.29, 1.82) is 0 Å². The van der Waals surface area contributed by atoms with Gasteiger partial charge in [0, 0.05) is 61.5 Å². The number of hydrogen-bond acceptors (Lipinski definition) is 6. The molecule has 3 amide bonds. The highest BCUT2D eigenvalue weighted by Gasteiger charge is 2.40. The van der Waals surface area contributed by atoms with Crippen molar-refractivity contribution >= 4 is 23.4 Å². The van der Waals surface area contributed by atoms with Crippen molar-refractivity contribution in [2.45, 2.75) is 70.7 Å². The number of nitrogens with zero attached hydrogens (tertiary/aromatic N) is 2. The summed E-state index contributed by atoms with van der Waals surface area (Å²) in [4.78, 5) is 40.8. The maximum Gasteiger partial charge on any atom is 0.255 e. The molecule has 1 aromatic rings. The van der Waals surface area contributed by atoms with Crippen molar-refractivity contribution in [1.82, 2.24) is 15.1 Å². The Morgan fingerprint density at radius 2 is 1.87 bits per heavy atom. The van der Waals surface area contributed by atoms with Crippen LogP contribution in [0.2, 0.25) is 0 Å². The molecule has 0 aromatic heterocycles. The fourth-order valence-electron chi connectivity index (χ4n) is 6.40. The molecule has 1 aliphatic carbocycles. The van der Waals surface area contributed by atoms with Gasteiger partial charge < -0.3 is 15.0 Å². The number of halogens is 1. The first-order chi connectivity index (χ1) is 17.9. The standard InChI is InChI=1S/C29H37FN4O4/c1-28(2)16-33(17-29(3,4)38-28)14-18-8-9-19(22(30)12-18)13-31-23-7-5-6-20-21(23)15-34(27(20)37)24-10-11-25(35)32-26(24)36/h5-7,9,12,18,24,31H,8,10-11,13-17H2,1-4H3,(H,32,35,36). The summed E-state index contributed by atoms with van der Waals surface area (Å²) in [5.41, 5.74) is 2.19. The molecule has 9 heteroatoms. The maximum absolute atomic E-state index is 15.2. The summed E-state index contributed by atoms with van der Waals surface area (Å²) >= 11 is 0. The average molecular weight is 525 g/mol. The molecule has 3 aliphatic heterocycles. The van der Waals surface area contributed by atoms with Crippen molar-refractivity contribution in [2.75, 3.05) is 31.5 Å². The Balaban J connectivity index is 1.21. The van der Waals surface area contributed by atoms with E-state index in [4.69, 9.17) is 4.74 Å². The summed E-state index contributed by atoms with van der Waals surface area (Å²) in [5.74, 6) is -1.08. The smallest absolute Gasteiger partial charge is 0.255 e. The fourth-order valence-corrected chi connectivity index (χ4v) is 6.40. The zero-order valence-corrected chi connectivity index (χ0v) is 22.6. The molecule has 3 heterocycles. The molecule has 0 radical (unpaired) electrons. The second-order valence-electron chi connectivity index (χ2n) is 12.1. The van der Waals surface area contributed by atoms with Crippen LogP contribution >= 0.6 is 0 Å². The number of carbonyl (C=O) groups is 3. The number of piperidine rings is 1. The van der Waals surface area contributed by atoms with E-state index in [0.29, 0.717) is 24.1 Å². The zero-order chi connectivity index (χ0) is 27.2. The summed E-state index contributed by atoms with van der Waals surface area (Å²) in [6.45, 7) is 11.4. The topological polar surface area (TPSA) is 91.0 Å². The number of anilines is 1. The van der Waals surface area contributed by atoms with Crippen molar-refractivity contribution in [3.05, 3.63) is 52.9 Å². The molecule has 2 fully saturated rings. The highest BCUT2D eigenvalue weighted by atomic mass is 19.1. The number of nitrogens with one attached hydrogen (secondary N) is 2. The number of morpholine rings is 1. The monoisotopic (exact) mass is 524 g/mol. The van der Waals surface area contributed by atoms with Gasteiger partial charge >= 0.3 is 0 Å². The van der Waals surface area contributed by atoms with Gasteiger partial charge in [-0.1, -0.05) is 12.1 Å². The molecule has 2 N–H and O–H groups in total.